The summed E-state index contributed by atoms with van der Waals surface area (Å²) in [5.41, 5.74) is -0.187. The number of benzene rings is 1. The van der Waals surface area contributed by atoms with Gasteiger partial charge in [0.2, 0.25) is 10.0 Å². The fourth-order valence-electron chi connectivity index (χ4n) is 2.86. The molecule has 1 aromatic carbocycles. The number of alkyl halides is 2. The van der Waals surface area contributed by atoms with Crippen LogP contribution in [0.1, 0.15) is 12.4 Å². The van der Waals surface area contributed by atoms with Crippen molar-refractivity contribution in [1.29, 1.82) is 0 Å². The number of nitro groups is 1. The van der Waals surface area contributed by atoms with Crippen LogP contribution in [-0.2, 0) is 16.6 Å². The van der Waals surface area contributed by atoms with Gasteiger partial charge >= 0.3 is 6.55 Å². The van der Waals surface area contributed by atoms with Crippen molar-refractivity contribution in [3.8, 4) is 0 Å². The average Bonchev–Trinajstić information content (AvgIpc) is 3.10. The first kappa shape index (κ1) is 19.3. The van der Waals surface area contributed by atoms with Crippen LogP contribution in [0, 0.1) is 10.1 Å². The van der Waals surface area contributed by atoms with Crippen LogP contribution < -0.4 is 0 Å². The first-order valence-corrected chi connectivity index (χ1v) is 9.50. The summed E-state index contributed by atoms with van der Waals surface area (Å²) in [6.45, 7) is -1.37. The maximum atomic E-state index is 12.9. The number of non-ortho nitro benzene ring substituents is 1. The Morgan fingerprint density at radius 2 is 1.78 bits per heavy atom. The number of sulfonamides is 1. The molecule has 146 valence electrons. The average molecular weight is 401 g/mol. The van der Waals surface area contributed by atoms with Crippen molar-refractivity contribution in [2.45, 2.75) is 18.0 Å². The van der Waals surface area contributed by atoms with Crippen LogP contribution >= 0.6 is 0 Å². The predicted molar refractivity (Wildman–Crippen MR) is 90.6 cm³/mol. The molecular formula is C15H17F2N5O4S. The Labute approximate surface area is 154 Å². The Bertz CT molecular complexity index is 909. The third-order valence-corrected chi connectivity index (χ3v) is 6.25. The monoisotopic (exact) mass is 401 g/mol. The molecule has 0 bridgehead atoms. The lowest BCUT2D eigenvalue weighted by Gasteiger charge is -2.33. The van der Waals surface area contributed by atoms with E-state index in [0.29, 0.717) is 13.1 Å². The summed E-state index contributed by atoms with van der Waals surface area (Å²) in [4.78, 5) is 15.8. The number of imidazole rings is 1. The van der Waals surface area contributed by atoms with Gasteiger partial charge in [-0.15, -0.1) is 0 Å². The number of halogens is 2. The van der Waals surface area contributed by atoms with Gasteiger partial charge < -0.3 is 0 Å². The summed E-state index contributed by atoms with van der Waals surface area (Å²) < 4.78 is 53.1. The second-order valence-electron chi connectivity index (χ2n) is 5.96. The molecule has 1 aliphatic heterocycles. The molecule has 3 rings (SSSR count). The second-order valence-corrected chi connectivity index (χ2v) is 7.90. The molecule has 1 aliphatic rings. The van der Waals surface area contributed by atoms with Crippen LogP contribution in [0.25, 0.3) is 0 Å². The van der Waals surface area contributed by atoms with Crippen molar-refractivity contribution in [3.63, 3.8) is 0 Å². The van der Waals surface area contributed by atoms with E-state index in [1.807, 2.05) is 4.90 Å². The SMILES string of the molecule is O=[N+]([O-])c1ccc(S(=O)(=O)N2CCN(Cc3nccn3C(F)F)CC2)cc1. The number of piperazine rings is 1. The van der Waals surface area contributed by atoms with Crippen LogP contribution in [0.15, 0.2) is 41.6 Å². The summed E-state index contributed by atoms with van der Waals surface area (Å²) in [7, 11) is -3.77. The molecule has 12 heteroatoms. The Balaban J connectivity index is 1.64. The van der Waals surface area contributed by atoms with Crippen LogP contribution in [0.5, 0.6) is 0 Å². The van der Waals surface area contributed by atoms with Gasteiger partial charge in [-0.1, -0.05) is 0 Å². The van der Waals surface area contributed by atoms with Crippen molar-refractivity contribution >= 4 is 15.7 Å². The molecule has 27 heavy (non-hydrogen) atoms. The van der Waals surface area contributed by atoms with E-state index in [4.69, 9.17) is 0 Å². The lowest BCUT2D eigenvalue weighted by molar-refractivity contribution is -0.384. The quantitative estimate of drug-likeness (QED) is 0.539. The molecule has 2 aromatic rings. The molecule has 1 aromatic heterocycles. The Morgan fingerprint density at radius 3 is 2.33 bits per heavy atom. The van der Waals surface area contributed by atoms with Crippen LogP contribution in [0.3, 0.4) is 0 Å². The number of rotatable bonds is 6. The summed E-state index contributed by atoms with van der Waals surface area (Å²) in [5, 5.41) is 10.7. The minimum atomic E-state index is -3.77. The van der Waals surface area contributed by atoms with Crippen molar-refractivity contribution in [2.75, 3.05) is 26.2 Å². The Hall–Kier alpha value is -2.44. The molecule has 1 saturated heterocycles. The molecule has 0 spiro atoms. The topological polar surface area (TPSA) is 102 Å². The molecule has 0 aliphatic carbocycles. The highest BCUT2D eigenvalue weighted by Crippen LogP contribution is 2.21. The number of hydrogen-bond acceptors (Lipinski definition) is 6. The molecule has 9 nitrogen and oxygen atoms in total. The van der Waals surface area contributed by atoms with Gasteiger partial charge in [-0.25, -0.2) is 13.4 Å². The van der Waals surface area contributed by atoms with Crippen molar-refractivity contribution in [3.05, 3.63) is 52.6 Å². The highest BCUT2D eigenvalue weighted by Gasteiger charge is 2.29. The molecule has 2 heterocycles. The zero-order valence-corrected chi connectivity index (χ0v) is 14.9. The molecule has 0 unspecified atom stereocenters. The summed E-state index contributed by atoms with van der Waals surface area (Å²) in [5.74, 6) is 0.219. The number of aromatic nitrogens is 2. The van der Waals surface area contributed by atoms with Gasteiger partial charge in [-0.2, -0.15) is 13.1 Å². The largest absolute Gasteiger partial charge is 0.319 e. The fraction of sp³-hybridized carbons (Fsp3) is 0.400. The van der Waals surface area contributed by atoms with Crippen LogP contribution in [-0.4, -0.2) is 58.3 Å². The zero-order valence-electron chi connectivity index (χ0n) is 14.1. The maximum absolute atomic E-state index is 12.9. The highest BCUT2D eigenvalue weighted by molar-refractivity contribution is 7.89. The van der Waals surface area contributed by atoms with Gasteiger partial charge in [0.1, 0.15) is 5.82 Å². The summed E-state index contributed by atoms with van der Waals surface area (Å²) >= 11 is 0. The fourth-order valence-corrected chi connectivity index (χ4v) is 4.28. The molecule has 0 radical (unpaired) electrons. The third-order valence-electron chi connectivity index (χ3n) is 4.34. The van der Waals surface area contributed by atoms with E-state index in [-0.39, 0.29) is 36.0 Å². The first-order valence-electron chi connectivity index (χ1n) is 8.06. The molecular weight excluding hydrogens is 384 g/mol. The maximum Gasteiger partial charge on any atom is 0.319 e. The second kappa shape index (κ2) is 7.66. The van der Waals surface area contributed by atoms with Gasteiger partial charge in [0.05, 0.1) is 16.4 Å². The van der Waals surface area contributed by atoms with E-state index in [0.717, 1.165) is 16.7 Å². The molecule has 0 N–H and O–H groups in total. The number of hydrogen-bond donors (Lipinski definition) is 0. The van der Waals surface area contributed by atoms with Gasteiger partial charge in [-0.3, -0.25) is 19.6 Å². The van der Waals surface area contributed by atoms with E-state index in [1.165, 1.54) is 28.8 Å². The van der Waals surface area contributed by atoms with E-state index < -0.39 is 21.5 Å². The van der Waals surface area contributed by atoms with E-state index in [9.17, 15) is 27.3 Å². The Kier molecular flexibility index (Phi) is 5.48. The van der Waals surface area contributed by atoms with Gasteiger partial charge in [0.25, 0.3) is 5.69 Å². The van der Waals surface area contributed by atoms with Crippen LogP contribution in [0.2, 0.25) is 0 Å². The molecule has 1 fully saturated rings. The van der Waals surface area contributed by atoms with Crippen molar-refractivity contribution in [1.82, 2.24) is 18.8 Å². The van der Waals surface area contributed by atoms with Crippen molar-refractivity contribution < 1.29 is 22.1 Å². The molecule has 0 saturated carbocycles. The third kappa shape index (κ3) is 4.12. The van der Waals surface area contributed by atoms with E-state index in [2.05, 4.69) is 4.98 Å². The zero-order chi connectivity index (χ0) is 19.6. The van der Waals surface area contributed by atoms with Gasteiger partial charge in [0, 0.05) is 50.7 Å². The molecule has 0 atom stereocenters. The summed E-state index contributed by atoms with van der Waals surface area (Å²) in [6.07, 6.45) is 2.51. The minimum Gasteiger partial charge on any atom is -0.293 e. The Morgan fingerprint density at radius 1 is 1.15 bits per heavy atom. The lowest BCUT2D eigenvalue weighted by atomic mass is 10.3. The molecule has 0 amide bonds. The standard InChI is InChI=1S/C15H17F2N5O4S/c16-15(17)21-6-5-18-14(21)11-19-7-9-20(10-8-19)27(25,26)13-3-1-12(2-4-13)22(23)24/h1-6,15H,7-11H2. The lowest BCUT2D eigenvalue weighted by Crippen LogP contribution is -2.48. The first-order chi connectivity index (χ1) is 12.8. The van der Waals surface area contributed by atoms with E-state index in [1.54, 1.807) is 0 Å². The van der Waals surface area contributed by atoms with Crippen molar-refractivity contribution in [2.24, 2.45) is 0 Å². The summed E-state index contributed by atoms with van der Waals surface area (Å²) in [6, 6.07) is 4.71. The minimum absolute atomic E-state index is 0.0187. The van der Waals surface area contributed by atoms with Gasteiger partial charge in [-0.05, 0) is 12.1 Å². The smallest absolute Gasteiger partial charge is 0.293 e. The van der Waals surface area contributed by atoms with E-state index >= 15 is 0 Å². The number of nitro benzene ring substituents is 1. The predicted octanol–water partition coefficient (Wildman–Crippen LogP) is 1.69. The normalized spacial score (nSPS) is 16.7. The van der Waals surface area contributed by atoms with Crippen LogP contribution in [0.4, 0.5) is 14.5 Å². The highest BCUT2D eigenvalue weighted by atomic mass is 32.2. The number of nitrogens with zero attached hydrogens (tertiary/aromatic N) is 5. The van der Waals surface area contributed by atoms with Gasteiger partial charge in [0.15, 0.2) is 0 Å².